The van der Waals surface area contributed by atoms with Gasteiger partial charge in [0.05, 0.1) is 12.2 Å². The first-order valence-electron chi connectivity index (χ1n) is 19.8. The Morgan fingerprint density at radius 1 is 0.617 bits per heavy atom. The summed E-state index contributed by atoms with van der Waals surface area (Å²) in [6, 6.07) is 22.8. The molecule has 0 radical (unpaired) electrons. The molecular formula is C44H58N4O12. The van der Waals surface area contributed by atoms with Gasteiger partial charge in [-0.05, 0) is 64.7 Å². The van der Waals surface area contributed by atoms with Gasteiger partial charge in [0.1, 0.15) is 31.0 Å². The summed E-state index contributed by atoms with van der Waals surface area (Å²) in [7, 11) is 0. The van der Waals surface area contributed by atoms with Gasteiger partial charge in [-0.1, -0.05) is 91.0 Å². The van der Waals surface area contributed by atoms with Gasteiger partial charge in [-0.25, -0.2) is 24.0 Å². The third-order valence-electron chi connectivity index (χ3n) is 9.07. The van der Waals surface area contributed by atoms with Crippen molar-refractivity contribution in [2.24, 2.45) is 0 Å². The molecule has 1 aliphatic heterocycles. The van der Waals surface area contributed by atoms with E-state index in [0.717, 1.165) is 5.56 Å². The number of β-amino-alcohol motifs (C(OH)–C–C–N with tert-alkyl or cyclic N) is 1. The van der Waals surface area contributed by atoms with Crippen LogP contribution >= 0.6 is 0 Å². The predicted molar refractivity (Wildman–Crippen MR) is 219 cm³/mol. The number of carbonyl (C=O) groups excluding carboxylic acids is 5. The van der Waals surface area contributed by atoms with Crippen LogP contribution in [0.5, 0.6) is 0 Å². The van der Waals surface area contributed by atoms with E-state index in [1.165, 1.54) is 4.90 Å². The van der Waals surface area contributed by atoms with Crippen LogP contribution in [0.1, 0.15) is 64.7 Å². The van der Waals surface area contributed by atoms with E-state index in [2.05, 4.69) is 10.6 Å². The molecule has 3 aromatic rings. The van der Waals surface area contributed by atoms with Gasteiger partial charge in [0.15, 0.2) is 12.1 Å². The molecule has 4 N–H and O–H groups in total. The first-order chi connectivity index (χ1) is 28.4. The average Bonchev–Trinajstić information content (AvgIpc) is 3.19. The van der Waals surface area contributed by atoms with Crippen molar-refractivity contribution < 1.29 is 57.9 Å². The number of ether oxygens (including phenoxy) is 5. The molecule has 1 fully saturated rings. The molecule has 3 amide bonds. The van der Waals surface area contributed by atoms with Crippen molar-refractivity contribution >= 4 is 30.2 Å². The number of carbonyl (C=O) groups is 5. The molecule has 1 heterocycles. The fraction of sp³-hybridized carbons (Fsp3) is 0.477. The summed E-state index contributed by atoms with van der Waals surface area (Å²) in [5, 5.41) is 28.3. The van der Waals surface area contributed by atoms with Crippen LogP contribution in [0.15, 0.2) is 91.0 Å². The maximum Gasteiger partial charge on any atom is 0.410 e. The maximum atomic E-state index is 13.6. The minimum atomic E-state index is -1.62. The summed E-state index contributed by atoms with van der Waals surface area (Å²) >= 11 is 0. The zero-order valence-electron chi connectivity index (χ0n) is 35.1. The van der Waals surface area contributed by atoms with Crippen molar-refractivity contribution in [2.75, 3.05) is 26.2 Å². The number of aliphatic hydroxyl groups is 2. The number of nitrogens with zero attached hydrogens (tertiary/aromatic N) is 2. The molecule has 1 aliphatic rings. The summed E-state index contributed by atoms with van der Waals surface area (Å²) in [4.78, 5) is 69.6. The summed E-state index contributed by atoms with van der Waals surface area (Å²) in [5.41, 5.74) is 0.262. The number of esters is 2. The van der Waals surface area contributed by atoms with Crippen molar-refractivity contribution in [3.8, 4) is 0 Å². The molecule has 3 unspecified atom stereocenters. The number of piperazine rings is 1. The second-order valence-electron chi connectivity index (χ2n) is 16.4. The number of hydrogen-bond donors (Lipinski definition) is 4. The Morgan fingerprint density at radius 3 is 1.43 bits per heavy atom. The molecule has 0 aromatic heterocycles. The molecule has 326 valence electrons. The lowest BCUT2D eigenvalue weighted by molar-refractivity contribution is -0.152. The first kappa shape index (κ1) is 47.0. The topological polar surface area (TPSA) is 202 Å². The van der Waals surface area contributed by atoms with Crippen molar-refractivity contribution in [1.82, 2.24) is 20.4 Å². The zero-order chi connectivity index (χ0) is 43.9. The van der Waals surface area contributed by atoms with Gasteiger partial charge in [0, 0.05) is 32.2 Å². The van der Waals surface area contributed by atoms with E-state index >= 15 is 0 Å². The molecule has 16 heteroatoms. The predicted octanol–water partition coefficient (Wildman–Crippen LogP) is 4.69. The largest absolute Gasteiger partial charge is 0.459 e. The molecule has 0 aliphatic carbocycles. The Labute approximate surface area is 351 Å². The van der Waals surface area contributed by atoms with Crippen molar-refractivity contribution in [3.05, 3.63) is 108 Å². The number of nitrogens with one attached hydrogen (secondary N) is 2. The molecule has 5 atom stereocenters. The molecule has 16 nitrogen and oxygen atoms in total. The number of benzene rings is 3. The van der Waals surface area contributed by atoms with Gasteiger partial charge < -0.3 is 49.4 Å². The van der Waals surface area contributed by atoms with E-state index in [0.29, 0.717) is 11.1 Å². The lowest BCUT2D eigenvalue weighted by atomic mass is 9.98. The van der Waals surface area contributed by atoms with E-state index in [1.807, 2.05) is 36.4 Å². The average molecular weight is 835 g/mol. The first-order valence-corrected chi connectivity index (χ1v) is 19.8. The van der Waals surface area contributed by atoms with Crippen LogP contribution in [-0.2, 0) is 53.1 Å². The highest BCUT2D eigenvalue weighted by molar-refractivity contribution is 5.83. The molecule has 0 spiro atoms. The third kappa shape index (κ3) is 16.2. The van der Waals surface area contributed by atoms with Gasteiger partial charge in [-0.15, -0.1) is 0 Å². The Hall–Kier alpha value is -5.71. The van der Waals surface area contributed by atoms with Crippen LogP contribution in [0.2, 0.25) is 0 Å². The third-order valence-corrected chi connectivity index (χ3v) is 9.07. The highest BCUT2D eigenvalue weighted by Crippen LogP contribution is 2.21. The van der Waals surface area contributed by atoms with Crippen LogP contribution in [0.25, 0.3) is 0 Å². The minimum Gasteiger partial charge on any atom is -0.459 e. The number of amides is 3. The normalized spacial score (nSPS) is 16.6. The Morgan fingerprint density at radius 2 is 1.02 bits per heavy atom. The van der Waals surface area contributed by atoms with E-state index in [1.54, 1.807) is 101 Å². The smallest absolute Gasteiger partial charge is 0.410 e. The van der Waals surface area contributed by atoms with Crippen LogP contribution in [0.3, 0.4) is 0 Å². The summed E-state index contributed by atoms with van der Waals surface area (Å²) in [6.45, 7) is 9.50. The van der Waals surface area contributed by atoms with Crippen LogP contribution in [0.4, 0.5) is 14.4 Å². The Bertz CT molecular complexity index is 1840. The summed E-state index contributed by atoms with van der Waals surface area (Å²) in [6.07, 6.45) is -6.04. The van der Waals surface area contributed by atoms with Gasteiger partial charge in [-0.3, -0.25) is 4.90 Å². The van der Waals surface area contributed by atoms with E-state index < -0.39 is 71.8 Å². The molecule has 4 rings (SSSR count). The van der Waals surface area contributed by atoms with Crippen LogP contribution in [-0.4, -0.2) is 118 Å². The van der Waals surface area contributed by atoms with E-state index in [-0.39, 0.29) is 52.4 Å². The van der Waals surface area contributed by atoms with E-state index in [9.17, 15) is 34.2 Å². The molecular weight excluding hydrogens is 776 g/mol. The Kier molecular flexibility index (Phi) is 17.3. The van der Waals surface area contributed by atoms with Crippen molar-refractivity contribution in [2.45, 2.75) is 109 Å². The second kappa shape index (κ2) is 22.1. The fourth-order valence-electron chi connectivity index (χ4n) is 6.22. The summed E-state index contributed by atoms with van der Waals surface area (Å²) < 4.78 is 27.4. The molecule has 0 saturated carbocycles. The highest BCUT2D eigenvalue weighted by Gasteiger charge is 2.40. The fourth-order valence-corrected chi connectivity index (χ4v) is 6.22. The Balaban J connectivity index is 1.58. The monoisotopic (exact) mass is 834 g/mol. The molecule has 3 aromatic carbocycles. The number of alkyl carbamates (subject to hydrolysis) is 2. The van der Waals surface area contributed by atoms with Crippen molar-refractivity contribution in [3.63, 3.8) is 0 Å². The van der Waals surface area contributed by atoms with Gasteiger partial charge in [0.25, 0.3) is 0 Å². The lowest BCUT2D eigenvalue weighted by Gasteiger charge is -2.43. The number of rotatable bonds is 16. The van der Waals surface area contributed by atoms with Gasteiger partial charge >= 0.3 is 30.2 Å². The SMILES string of the molecule is CC(C)(C)OC(=O)N[C@H](C(=O)OCc1ccccc1)C(O)CC1CN(C(=O)OCc2ccccc2)CCN1CC(O)[C@H](NC(=O)OC(C)(C)C)C(=O)OCc1ccccc1. The number of hydrogen-bond acceptors (Lipinski definition) is 13. The molecule has 1 saturated heterocycles. The molecule has 60 heavy (non-hydrogen) atoms. The van der Waals surface area contributed by atoms with Crippen LogP contribution < -0.4 is 10.6 Å². The van der Waals surface area contributed by atoms with Gasteiger partial charge in [-0.2, -0.15) is 0 Å². The van der Waals surface area contributed by atoms with E-state index in [4.69, 9.17) is 23.7 Å². The summed E-state index contributed by atoms with van der Waals surface area (Å²) in [5.74, 6) is -1.87. The standard InChI is InChI=1S/C44H58N4O12/c1-43(2,3)59-40(53)45-36(38(51)56-27-30-16-10-7-11-17-30)34(49)24-33-25-48(42(55)58-29-32-20-14-9-15-21-32)23-22-47(33)26-35(50)37(46-41(54)60-44(4,5)6)39(52)57-28-31-18-12-8-13-19-31/h7-21,33-37,49-50H,22-29H2,1-6H3,(H,45,53)(H,46,54)/t33?,34?,35?,36-,37-/m0/s1. The van der Waals surface area contributed by atoms with Crippen LogP contribution in [0, 0.1) is 0 Å². The van der Waals surface area contributed by atoms with Crippen molar-refractivity contribution in [1.29, 1.82) is 0 Å². The van der Waals surface area contributed by atoms with Gasteiger partial charge in [0.2, 0.25) is 0 Å². The molecule has 0 bridgehead atoms. The maximum absolute atomic E-state index is 13.6. The number of aliphatic hydroxyl groups excluding tert-OH is 2. The highest BCUT2D eigenvalue weighted by atomic mass is 16.6. The lowest BCUT2D eigenvalue weighted by Crippen LogP contribution is -2.61. The second-order valence-corrected chi connectivity index (χ2v) is 16.4. The zero-order valence-corrected chi connectivity index (χ0v) is 35.1. The quantitative estimate of drug-likeness (QED) is 0.114. The minimum absolute atomic E-state index is 0.00411.